The molecule has 1 aromatic rings. The molecule has 6 nitrogen and oxygen atoms in total. The molecule has 0 saturated carbocycles. The Morgan fingerprint density at radius 1 is 1.43 bits per heavy atom. The van der Waals surface area contributed by atoms with Crippen LogP contribution in [0.15, 0.2) is 28.7 Å². The first kappa shape index (κ1) is 15.8. The fourth-order valence-electron chi connectivity index (χ4n) is 2.02. The van der Waals surface area contributed by atoms with Crippen molar-refractivity contribution in [1.29, 1.82) is 0 Å². The number of rotatable bonds is 4. The van der Waals surface area contributed by atoms with Gasteiger partial charge in [-0.15, -0.1) is 0 Å². The van der Waals surface area contributed by atoms with Crippen LogP contribution in [0.5, 0.6) is 5.75 Å². The van der Waals surface area contributed by atoms with E-state index in [0.717, 1.165) is 4.47 Å². The van der Waals surface area contributed by atoms with Crippen molar-refractivity contribution in [3.8, 4) is 5.75 Å². The predicted molar refractivity (Wildman–Crippen MR) is 78.2 cm³/mol. The average molecular weight is 358 g/mol. The van der Waals surface area contributed by atoms with Crippen molar-refractivity contribution in [2.45, 2.75) is 19.1 Å². The van der Waals surface area contributed by atoms with E-state index < -0.39 is 18.2 Å². The number of halogens is 1. The summed E-state index contributed by atoms with van der Waals surface area (Å²) in [5, 5.41) is 8.94. The summed E-state index contributed by atoms with van der Waals surface area (Å²) in [5.74, 6) is -0.719. The first-order valence-corrected chi connectivity index (χ1v) is 7.32. The maximum atomic E-state index is 12.3. The Kier molecular flexibility index (Phi) is 5.19. The maximum absolute atomic E-state index is 12.3. The molecule has 1 aliphatic rings. The molecule has 1 amide bonds. The molecule has 114 valence electrons. The molecule has 0 aliphatic carbocycles. The van der Waals surface area contributed by atoms with E-state index in [1.807, 2.05) is 12.1 Å². The standard InChI is InChI=1S/C14H16BrNO5/c1-9(21-11-4-2-10(15)3-5-11)13(17)16-6-7-20-12(8-16)14(18)19/h2-5,9,12H,6-8H2,1H3,(H,18,19). The lowest BCUT2D eigenvalue weighted by atomic mass is 10.2. The van der Waals surface area contributed by atoms with E-state index in [0.29, 0.717) is 12.3 Å². The van der Waals surface area contributed by atoms with E-state index in [1.54, 1.807) is 19.1 Å². The molecule has 0 bridgehead atoms. The number of carbonyl (C=O) groups is 2. The average Bonchev–Trinajstić information content (AvgIpc) is 2.49. The zero-order chi connectivity index (χ0) is 15.4. The molecular weight excluding hydrogens is 342 g/mol. The maximum Gasteiger partial charge on any atom is 0.334 e. The van der Waals surface area contributed by atoms with Crippen molar-refractivity contribution >= 4 is 27.8 Å². The highest BCUT2D eigenvalue weighted by Crippen LogP contribution is 2.18. The molecule has 2 unspecified atom stereocenters. The van der Waals surface area contributed by atoms with E-state index >= 15 is 0 Å². The zero-order valence-corrected chi connectivity index (χ0v) is 13.1. The summed E-state index contributed by atoms with van der Waals surface area (Å²) in [6.07, 6.45) is -1.65. The van der Waals surface area contributed by atoms with Crippen LogP contribution < -0.4 is 4.74 Å². The van der Waals surface area contributed by atoms with Crippen molar-refractivity contribution in [1.82, 2.24) is 4.90 Å². The van der Waals surface area contributed by atoms with Crippen molar-refractivity contribution in [2.24, 2.45) is 0 Å². The molecule has 1 N–H and O–H groups in total. The van der Waals surface area contributed by atoms with Gasteiger partial charge in [0, 0.05) is 11.0 Å². The van der Waals surface area contributed by atoms with Gasteiger partial charge in [0.05, 0.1) is 13.2 Å². The molecule has 1 aliphatic heterocycles. The SMILES string of the molecule is CC(Oc1ccc(Br)cc1)C(=O)N1CCOC(C(=O)O)C1. The minimum Gasteiger partial charge on any atom is -0.481 e. The quantitative estimate of drug-likeness (QED) is 0.884. The van der Waals surface area contributed by atoms with Crippen LogP contribution in [-0.4, -0.2) is 53.8 Å². The number of nitrogens with zero attached hydrogens (tertiary/aromatic N) is 1. The van der Waals surface area contributed by atoms with E-state index in [4.69, 9.17) is 14.6 Å². The van der Waals surface area contributed by atoms with Gasteiger partial charge in [-0.3, -0.25) is 4.79 Å². The molecule has 2 rings (SSSR count). The van der Waals surface area contributed by atoms with Gasteiger partial charge in [0.15, 0.2) is 12.2 Å². The Morgan fingerprint density at radius 2 is 2.10 bits per heavy atom. The van der Waals surface area contributed by atoms with Crippen LogP contribution in [0.25, 0.3) is 0 Å². The number of morpholine rings is 1. The van der Waals surface area contributed by atoms with Crippen LogP contribution in [0.3, 0.4) is 0 Å². The van der Waals surface area contributed by atoms with E-state index in [9.17, 15) is 9.59 Å². The van der Waals surface area contributed by atoms with Crippen LogP contribution in [0.4, 0.5) is 0 Å². The lowest BCUT2D eigenvalue weighted by Gasteiger charge is -2.32. The van der Waals surface area contributed by atoms with Crippen LogP contribution >= 0.6 is 15.9 Å². The number of hydrogen-bond donors (Lipinski definition) is 1. The van der Waals surface area contributed by atoms with Gasteiger partial charge < -0.3 is 19.5 Å². The molecule has 7 heteroatoms. The topological polar surface area (TPSA) is 76.1 Å². The molecule has 1 aromatic carbocycles. The number of carbonyl (C=O) groups excluding carboxylic acids is 1. The number of hydrogen-bond acceptors (Lipinski definition) is 4. The summed E-state index contributed by atoms with van der Waals surface area (Å²) in [5.41, 5.74) is 0. The number of aliphatic carboxylic acids is 1. The van der Waals surface area contributed by atoms with Crippen LogP contribution in [0.2, 0.25) is 0 Å². The summed E-state index contributed by atoms with van der Waals surface area (Å²) in [7, 11) is 0. The van der Waals surface area contributed by atoms with Gasteiger partial charge in [0.1, 0.15) is 5.75 Å². The van der Waals surface area contributed by atoms with Crippen molar-refractivity contribution in [3.63, 3.8) is 0 Å². The first-order valence-electron chi connectivity index (χ1n) is 6.53. The lowest BCUT2D eigenvalue weighted by molar-refractivity contribution is -0.161. The minimum atomic E-state index is -1.06. The fourth-order valence-corrected chi connectivity index (χ4v) is 2.29. The highest BCUT2D eigenvalue weighted by Gasteiger charge is 2.31. The van der Waals surface area contributed by atoms with Gasteiger partial charge in [-0.1, -0.05) is 15.9 Å². The molecule has 0 radical (unpaired) electrons. The third kappa shape index (κ3) is 4.18. The first-order chi connectivity index (χ1) is 9.97. The van der Waals surface area contributed by atoms with Crippen LogP contribution in [-0.2, 0) is 14.3 Å². The summed E-state index contributed by atoms with van der Waals surface area (Å²) >= 11 is 3.32. The highest BCUT2D eigenvalue weighted by atomic mass is 79.9. The molecule has 0 spiro atoms. The third-order valence-electron chi connectivity index (χ3n) is 3.13. The Hall–Kier alpha value is -1.60. The Morgan fingerprint density at radius 3 is 2.71 bits per heavy atom. The number of carboxylic acids is 1. The van der Waals surface area contributed by atoms with Crippen molar-refractivity contribution < 1.29 is 24.2 Å². The highest BCUT2D eigenvalue weighted by molar-refractivity contribution is 9.10. The van der Waals surface area contributed by atoms with E-state index in [1.165, 1.54) is 4.90 Å². The number of carboxylic acid groups (broad SMARTS) is 1. The molecule has 0 aromatic heterocycles. The molecule has 1 heterocycles. The van der Waals surface area contributed by atoms with Gasteiger partial charge in [-0.05, 0) is 31.2 Å². The van der Waals surface area contributed by atoms with Gasteiger partial charge >= 0.3 is 5.97 Å². The number of ether oxygens (including phenoxy) is 2. The number of benzene rings is 1. The van der Waals surface area contributed by atoms with Gasteiger partial charge in [-0.2, -0.15) is 0 Å². The molecule has 1 saturated heterocycles. The Labute approximate surface area is 130 Å². The van der Waals surface area contributed by atoms with Gasteiger partial charge in [-0.25, -0.2) is 4.79 Å². The fraction of sp³-hybridized carbons (Fsp3) is 0.429. The summed E-state index contributed by atoms with van der Waals surface area (Å²) < 4.78 is 11.6. The summed E-state index contributed by atoms with van der Waals surface area (Å²) in [6, 6.07) is 7.16. The number of amides is 1. The molecule has 2 atom stereocenters. The zero-order valence-electron chi connectivity index (χ0n) is 11.5. The third-order valence-corrected chi connectivity index (χ3v) is 3.66. The lowest BCUT2D eigenvalue weighted by Crippen LogP contribution is -2.51. The van der Waals surface area contributed by atoms with Crippen LogP contribution in [0.1, 0.15) is 6.92 Å². The van der Waals surface area contributed by atoms with E-state index in [-0.39, 0.29) is 19.1 Å². The molecule has 1 fully saturated rings. The van der Waals surface area contributed by atoms with Gasteiger partial charge in [0.2, 0.25) is 0 Å². The monoisotopic (exact) mass is 357 g/mol. The normalized spacial score (nSPS) is 19.9. The predicted octanol–water partition coefficient (Wildman–Crippen LogP) is 1.53. The smallest absolute Gasteiger partial charge is 0.334 e. The summed E-state index contributed by atoms with van der Waals surface area (Å²) in [6.45, 7) is 2.28. The Balaban J connectivity index is 1.95. The minimum absolute atomic E-state index is 0.0439. The Bertz CT molecular complexity index is 519. The largest absolute Gasteiger partial charge is 0.481 e. The van der Waals surface area contributed by atoms with Gasteiger partial charge in [0.25, 0.3) is 5.91 Å². The van der Waals surface area contributed by atoms with Crippen LogP contribution in [0, 0.1) is 0 Å². The van der Waals surface area contributed by atoms with Crippen molar-refractivity contribution in [3.05, 3.63) is 28.7 Å². The van der Waals surface area contributed by atoms with Crippen molar-refractivity contribution in [2.75, 3.05) is 19.7 Å². The summed E-state index contributed by atoms with van der Waals surface area (Å²) in [4.78, 5) is 24.7. The second-order valence-electron chi connectivity index (χ2n) is 4.70. The molecule has 21 heavy (non-hydrogen) atoms. The second kappa shape index (κ2) is 6.91. The second-order valence-corrected chi connectivity index (χ2v) is 5.61. The van der Waals surface area contributed by atoms with E-state index in [2.05, 4.69) is 15.9 Å². The molecular formula is C14H16BrNO5.